The maximum Gasteiger partial charge on any atom is 0.278 e. The van der Waals surface area contributed by atoms with Gasteiger partial charge in [0, 0.05) is 30.8 Å². The Morgan fingerprint density at radius 2 is 2.19 bits per heavy atom. The third-order valence-corrected chi connectivity index (χ3v) is 5.39. The quantitative estimate of drug-likeness (QED) is 0.830. The number of hydrogen-bond acceptors (Lipinski definition) is 4. The highest BCUT2D eigenvalue weighted by molar-refractivity contribution is 5.64. The average molecular weight is 285 g/mol. The van der Waals surface area contributed by atoms with Crippen LogP contribution in [-0.4, -0.2) is 34.8 Å². The molecule has 4 nitrogen and oxygen atoms in total. The largest absolute Gasteiger partial charge is 0.344 e. The van der Waals surface area contributed by atoms with Gasteiger partial charge in [-0.15, -0.1) is 0 Å². The predicted octanol–water partition coefficient (Wildman–Crippen LogP) is 2.05. The molecule has 4 unspecified atom stereocenters. The van der Waals surface area contributed by atoms with E-state index in [0.717, 1.165) is 19.4 Å². The first-order chi connectivity index (χ1) is 10.2. The van der Waals surface area contributed by atoms with Crippen molar-refractivity contribution in [3.05, 3.63) is 35.4 Å². The third-order valence-electron chi connectivity index (χ3n) is 5.39. The van der Waals surface area contributed by atoms with Crippen LogP contribution >= 0.6 is 0 Å². The summed E-state index contributed by atoms with van der Waals surface area (Å²) in [6, 6.07) is 9.07. The van der Waals surface area contributed by atoms with Gasteiger partial charge in [0.25, 0.3) is 5.97 Å². The minimum atomic E-state index is -1.24. The van der Waals surface area contributed by atoms with E-state index in [0.29, 0.717) is 12.0 Å². The van der Waals surface area contributed by atoms with Crippen LogP contribution < -0.4 is 5.32 Å². The van der Waals surface area contributed by atoms with Crippen LogP contribution in [-0.2, 0) is 6.42 Å². The van der Waals surface area contributed by atoms with Gasteiger partial charge in [0.1, 0.15) is 0 Å². The van der Waals surface area contributed by atoms with Crippen molar-refractivity contribution < 1.29 is 5.11 Å². The lowest BCUT2D eigenvalue weighted by Crippen LogP contribution is -2.65. The summed E-state index contributed by atoms with van der Waals surface area (Å²) >= 11 is 0. The molecule has 1 saturated carbocycles. The fraction of sp³-hybridized carbons (Fsp3) is 0.588. The minimum Gasteiger partial charge on any atom is -0.344 e. The molecule has 2 heterocycles. The summed E-state index contributed by atoms with van der Waals surface area (Å²) < 4.78 is 0. The topological polar surface area (TPSA) is 47.9 Å². The molecular formula is C17H23N3O. The Kier molecular flexibility index (Phi) is 3.14. The van der Waals surface area contributed by atoms with Gasteiger partial charge in [-0.1, -0.05) is 30.7 Å². The molecule has 112 valence electrons. The lowest BCUT2D eigenvalue weighted by atomic mass is 9.93. The Hall–Kier alpha value is -1.23. The van der Waals surface area contributed by atoms with Crippen molar-refractivity contribution in [1.82, 2.24) is 10.2 Å². The molecule has 0 radical (unpaired) electrons. The molecule has 0 amide bonds. The number of hydrogen-bond donors (Lipinski definition) is 2. The highest BCUT2D eigenvalue weighted by atomic mass is 16.4. The van der Waals surface area contributed by atoms with Crippen molar-refractivity contribution in [2.45, 2.75) is 50.7 Å². The molecule has 0 saturated heterocycles. The van der Waals surface area contributed by atoms with E-state index in [-0.39, 0.29) is 6.04 Å². The van der Waals surface area contributed by atoms with Crippen molar-refractivity contribution in [2.75, 3.05) is 6.54 Å². The number of nitrogens with zero attached hydrogens (tertiary/aromatic N) is 2. The Labute approximate surface area is 125 Å². The van der Waals surface area contributed by atoms with Crippen LogP contribution in [0, 0.1) is 5.92 Å². The Balaban J connectivity index is 1.63. The van der Waals surface area contributed by atoms with Gasteiger partial charge in [-0.3, -0.25) is 5.32 Å². The second-order valence-electron chi connectivity index (χ2n) is 6.58. The van der Waals surface area contributed by atoms with E-state index in [1.807, 2.05) is 6.21 Å². The number of aliphatic imine (C=N–C) groups is 1. The first-order valence-corrected chi connectivity index (χ1v) is 8.07. The SMILES string of the molecule is CC1c2ccccc2CCN1C1(O)N=CC2CCCC2N1. The van der Waals surface area contributed by atoms with Crippen molar-refractivity contribution in [3.63, 3.8) is 0 Å². The van der Waals surface area contributed by atoms with Crippen LogP contribution in [0.1, 0.15) is 43.4 Å². The van der Waals surface area contributed by atoms with Gasteiger partial charge in [0.2, 0.25) is 0 Å². The molecule has 1 aromatic carbocycles. The molecule has 1 aliphatic carbocycles. The molecule has 21 heavy (non-hydrogen) atoms. The molecule has 0 spiro atoms. The molecule has 2 N–H and O–H groups in total. The minimum absolute atomic E-state index is 0.169. The number of fused-ring (bicyclic) bond motifs is 2. The maximum atomic E-state index is 11.1. The van der Waals surface area contributed by atoms with Crippen LogP contribution in [0.2, 0.25) is 0 Å². The van der Waals surface area contributed by atoms with Crippen LogP contribution in [0.4, 0.5) is 0 Å². The highest BCUT2D eigenvalue weighted by Gasteiger charge is 2.45. The summed E-state index contributed by atoms with van der Waals surface area (Å²) in [4.78, 5) is 6.59. The summed E-state index contributed by atoms with van der Waals surface area (Å²) in [5.74, 6) is -0.740. The molecule has 0 aromatic heterocycles. The zero-order valence-corrected chi connectivity index (χ0v) is 12.5. The number of nitrogens with one attached hydrogen (secondary N) is 1. The molecule has 4 rings (SSSR count). The summed E-state index contributed by atoms with van der Waals surface area (Å²) in [6.07, 6.45) is 6.51. The van der Waals surface area contributed by atoms with Crippen molar-refractivity contribution in [3.8, 4) is 0 Å². The summed E-state index contributed by atoms with van der Waals surface area (Å²) in [7, 11) is 0. The molecule has 1 fully saturated rings. The van der Waals surface area contributed by atoms with Crippen molar-refractivity contribution in [2.24, 2.45) is 10.9 Å². The average Bonchev–Trinajstić information content (AvgIpc) is 2.95. The molecule has 4 heteroatoms. The molecule has 0 bridgehead atoms. The molecule has 4 atom stereocenters. The van der Waals surface area contributed by atoms with E-state index in [1.165, 1.54) is 24.0 Å². The maximum absolute atomic E-state index is 11.1. The monoisotopic (exact) mass is 285 g/mol. The zero-order chi connectivity index (χ0) is 14.4. The Morgan fingerprint density at radius 1 is 1.33 bits per heavy atom. The van der Waals surface area contributed by atoms with E-state index in [9.17, 15) is 5.11 Å². The van der Waals surface area contributed by atoms with E-state index in [1.54, 1.807) is 0 Å². The second kappa shape index (κ2) is 4.90. The van der Waals surface area contributed by atoms with Gasteiger partial charge >= 0.3 is 0 Å². The van der Waals surface area contributed by atoms with Crippen LogP contribution in [0.3, 0.4) is 0 Å². The highest BCUT2D eigenvalue weighted by Crippen LogP contribution is 2.37. The lowest BCUT2D eigenvalue weighted by Gasteiger charge is -2.47. The molecular weight excluding hydrogens is 262 g/mol. The van der Waals surface area contributed by atoms with Crippen LogP contribution in [0.15, 0.2) is 29.3 Å². The van der Waals surface area contributed by atoms with Crippen molar-refractivity contribution in [1.29, 1.82) is 0 Å². The molecule has 3 aliphatic rings. The summed E-state index contributed by atoms with van der Waals surface area (Å²) in [5, 5.41) is 14.5. The van der Waals surface area contributed by atoms with E-state index in [4.69, 9.17) is 0 Å². The molecule has 1 aromatic rings. The first kappa shape index (κ1) is 13.4. The standard InChI is InChI=1S/C17H23N3O/c1-12-15-7-3-2-5-13(15)9-10-20(12)17(21)18-11-14-6-4-8-16(14)19-17/h2-3,5,7,11-12,14,16,19,21H,4,6,8-10H2,1H3. The van der Waals surface area contributed by atoms with Gasteiger partial charge in [-0.25, -0.2) is 9.89 Å². The van der Waals surface area contributed by atoms with Gasteiger partial charge in [0.05, 0.1) is 0 Å². The van der Waals surface area contributed by atoms with Crippen LogP contribution in [0.5, 0.6) is 0 Å². The van der Waals surface area contributed by atoms with Gasteiger partial charge in [0.15, 0.2) is 0 Å². The Bertz CT molecular complexity index is 573. The predicted molar refractivity (Wildman–Crippen MR) is 83.0 cm³/mol. The smallest absolute Gasteiger partial charge is 0.278 e. The normalized spacial score (nSPS) is 39.0. The fourth-order valence-electron chi connectivity index (χ4n) is 4.19. The van der Waals surface area contributed by atoms with Gasteiger partial charge < -0.3 is 5.11 Å². The fourth-order valence-corrected chi connectivity index (χ4v) is 4.19. The molecule has 2 aliphatic heterocycles. The number of aliphatic hydroxyl groups is 1. The van der Waals surface area contributed by atoms with Gasteiger partial charge in [-0.05, 0) is 37.3 Å². The van der Waals surface area contributed by atoms with Gasteiger partial charge in [-0.2, -0.15) is 0 Å². The van der Waals surface area contributed by atoms with E-state index in [2.05, 4.69) is 46.4 Å². The summed E-state index contributed by atoms with van der Waals surface area (Å²) in [5.41, 5.74) is 2.70. The first-order valence-electron chi connectivity index (χ1n) is 8.07. The van der Waals surface area contributed by atoms with Crippen molar-refractivity contribution >= 4 is 6.21 Å². The lowest BCUT2D eigenvalue weighted by molar-refractivity contribution is -0.158. The van der Waals surface area contributed by atoms with Crippen LogP contribution in [0.25, 0.3) is 0 Å². The Morgan fingerprint density at radius 3 is 3.10 bits per heavy atom. The van der Waals surface area contributed by atoms with E-state index < -0.39 is 5.97 Å². The second-order valence-corrected chi connectivity index (χ2v) is 6.58. The van der Waals surface area contributed by atoms with E-state index >= 15 is 0 Å². The zero-order valence-electron chi connectivity index (χ0n) is 12.5. The number of benzene rings is 1. The third kappa shape index (κ3) is 2.13. The summed E-state index contributed by atoms with van der Waals surface area (Å²) in [6.45, 7) is 2.99. The number of rotatable bonds is 1.